The van der Waals surface area contributed by atoms with E-state index in [1.807, 2.05) is 13.0 Å². The molecule has 0 aliphatic rings. The first-order valence-electron chi connectivity index (χ1n) is 8.35. The van der Waals surface area contributed by atoms with Crippen LogP contribution in [-0.2, 0) is 4.74 Å². The molecule has 24 heavy (non-hydrogen) atoms. The molecule has 0 saturated carbocycles. The third-order valence-electron chi connectivity index (χ3n) is 3.98. The number of pyridine rings is 1. The van der Waals surface area contributed by atoms with Gasteiger partial charge in [-0.3, -0.25) is 9.78 Å². The number of benzene rings is 1. The summed E-state index contributed by atoms with van der Waals surface area (Å²) in [6.07, 6.45) is 1.98. The minimum absolute atomic E-state index is 0.108. The molecule has 128 valence electrons. The minimum Gasteiger partial charge on any atom is -0.462 e. The van der Waals surface area contributed by atoms with Crippen LogP contribution < -0.4 is 5.32 Å². The van der Waals surface area contributed by atoms with Crippen molar-refractivity contribution in [3.05, 3.63) is 40.6 Å². The van der Waals surface area contributed by atoms with Crippen molar-refractivity contribution in [1.82, 2.24) is 10.3 Å². The van der Waals surface area contributed by atoms with Gasteiger partial charge in [0.25, 0.3) is 5.91 Å². The molecule has 0 spiro atoms. The highest BCUT2D eigenvalue weighted by Gasteiger charge is 2.18. The Kier molecular flexibility index (Phi) is 5.90. The predicted molar refractivity (Wildman–Crippen MR) is 94.4 cm³/mol. The van der Waals surface area contributed by atoms with Crippen LogP contribution in [-0.4, -0.2) is 30.0 Å². The molecule has 5 heteroatoms. The number of hydrogen-bond acceptors (Lipinski definition) is 4. The maximum absolute atomic E-state index is 12.2. The molecule has 2 rings (SSSR count). The number of carbonyl (C=O) groups is 2. The van der Waals surface area contributed by atoms with Gasteiger partial charge in [-0.1, -0.05) is 13.3 Å². The number of unbranched alkanes of at least 4 members (excludes halogenated alkanes) is 1. The van der Waals surface area contributed by atoms with Crippen LogP contribution in [0.3, 0.4) is 0 Å². The number of aromatic nitrogens is 1. The largest absolute Gasteiger partial charge is 0.462 e. The molecule has 1 aromatic heterocycles. The second-order valence-electron chi connectivity index (χ2n) is 5.76. The van der Waals surface area contributed by atoms with Crippen molar-refractivity contribution >= 4 is 22.8 Å². The molecule has 0 fully saturated rings. The van der Waals surface area contributed by atoms with Gasteiger partial charge in [-0.15, -0.1) is 0 Å². The summed E-state index contributed by atoms with van der Waals surface area (Å²) < 4.78 is 5.12. The summed E-state index contributed by atoms with van der Waals surface area (Å²) in [6.45, 7) is 8.49. The summed E-state index contributed by atoms with van der Waals surface area (Å²) in [5.41, 5.74) is 3.25. The number of fused-ring (bicyclic) bond motifs is 1. The number of aryl methyl sites for hydroxylation is 2. The summed E-state index contributed by atoms with van der Waals surface area (Å²) >= 11 is 0. The number of esters is 1. The van der Waals surface area contributed by atoms with Gasteiger partial charge in [0.1, 0.15) is 0 Å². The first kappa shape index (κ1) is 17.9. The molecule has 1 heterocycles. The highest BCUT2D eigenvalue weighted by Crippen LogP contribution is 2.24. The number of amides is 1. The molecule has 1 amide bonds. The first-order chi connectivity index (χ1) is 11.5. The van der Waals surface area contributed by atoms with Crippen LogP contribution >= 0.6 is 0 Å². The highest BCUT2D eigenvalue weighted by atomic mass is 16.5. The lowest BCUT2D eigenvalue weighted by Crippen LogP contribution is -2.24. The van der Waals surface area contributed by atoms with Gasteiger partial charge >= 0.3 is 5.97 Å². The van der Waals surface area contributed by atoms with Crippen molar-refractivity contribution in [1.29, 1.82) is 0 Å². The van der Waals surface area contributed by atoms with Crippen molar-refractivity contribution in [2.24, 2.45) is 0 Å². The first-order valence-corrected chi connectivity index (χ1v) is 8.35. The number of ether oxygens (including phenoxy) is 1. The van der Waals surface area contributed by atoms with Crippen LogP contribution in [0.5, 0.6) is 0 Å². The van der Waals surface area contributed by atoms with Gasteiger partial charge in [-0.25, -0.2) is 4.79 Å². The summed E-state index contributed by atoms with van der Waals surface area (Å²) in [5.74, 6) is -0.484. The summed E-state index contributed by atoms with van der Waals surface area (Å²) in [5, 5.41) is 3.70. The van der Waals surface area contributed by atoms with E-state index in [4.69, 9.17) is 4.74 Å². The molecular formula is C19H24N2O3. The standard InChI is InChI=1S/C19H24N2O3/c1-5-7-10-20-18(22)14-8-9-16-15(11-14)12(3)17(13(4)21-16)19(23)24-6-2/h8-9,11H,5-7,10H2,1-4H3,(H,20,22). The van der Waals surface area contributed by atoms with Crippen molar-refractivity contribution in [3.63, 3.8) is 0 Å². The van der Waals surface area contributed by atoms with Gasteiger partial charge < -0.3 is 10.1 Å². The second kappa shape index (κ2) is 7.90. The van der Waals surface area contributed by atoms with Gasteiger partial charge in [0.05, 0.1) is 23.4 Å². The van der Waals surface area contributed by atoms with E-state index in [9.17, 15) is 9.59 Å². The summed E-state index contributed by atoms with van der Waals surface area (Å²) in [4.78, 5) is 28.9. The predicted octanol–water partition coefficient (Wildman–Crippen LogP) is 3.56. The van der Waals surface area contributed by atoms with Gasteiger partial charge in [0, 0.05) is 17.5 Å². The third-order valence-corrected chi connectivity index (χ3v) is 3.98. The Hall–Kier alpha value is -2.43. The molecule has 1 N–H and O–H groups in total. The molecular weight excluding hydrogens is 304 g/mol. The molecule has 5 nitrogen and oxygen atoms in total. The van der Waals surface area contributed by atoms with E-state index in [0.717, 1.165) is 29.3 Å². The highest BCUT2D eigenvalue weighted by molar-refractivity contribution is 6.02. The molecule has 0 atom stereocenters. The fourth-order valence-electron chi connectivity index (χ4n) is 2.70. The Morgan fingerprint density at radius 3 is 2.62 bits per heavy atom. The Labute approximate surface area is 142 Å². The van der Waals surface area contributed by atoms with E-state index < -0.39 is 0 Å². The molecule has 0 radical (unpaired) electrons. The lowest BCUT2D eigenvalue weighted by molar-refractivity contribution is 0.0524. The van der Waals surface area contributed by atoms with Crippen LogP contribution in [0, 0.1) is 13.8 Å². The average molecular weight is 328 g/mol. The van der Waals surface area contributed by atoms with E-state index in [0.29, 0.717) is 30.0 Å². The minimum atomic E-state index is -0.375. The number of nitrogens with zero attached hydrogens (tertiary/aromatic N) is 1. The Morgan fingerprint density at radius 1 is 1.21 bits per heavy atom. The smallest absolute Gasteiger partial charge is 0.340 e. The normalized spacial score (nSPS) is 10.7. The van der Waals surface area contributed by atoms with Gasteiger partial charge in [0.15, 0.2) is 0 Å². The van der Waals surface area contributed by atoms with Crippen LogP contribution in [0.15, 0.2) is 18.2 Å². The van der Waals surface area contributed by atoms with Crippen LogP contribution in [0.2, 0.25) is 0 Å². The van der Waals surface area contributed by atoms with Gasteiger partial charge in [-0.2, -0.15) is 0 Å². The Morgan fingerprint density at radius 2 is 1.96 bits per heavy atom. The van der Waals surface area contributed by atoms with Crippen molar-refractivity contribution < 1.29 is 14.3 Å². The zero-order chi connectivity index (χ0) is 17.7. The number of carbonyl (C=O) groups excluding carboxylic acids is 2. The summed E-state index contributed by atoms with van der Waals surface area (Å²) in [7, 11) is 0. The molecule has 0 aliphatic heterocycles. The molecule has 0 unspecified atom stereocenters. The van der Waals surface area contributed by atoms with E-state index in [2.05, 4.69) is 17.2 Å². The second-order valence-corrected chi connectivity index (χ2v) is 5.76. The molecule has 2 aromatic rings. The number of hydrogen-bond donors (Lipinski definition) is 1. The Bertz CT molecular complexity index is 769. The fraction of sp³-hybridized carbons (Fsp3) is 0.421. The monoisotopic (exact) mass is 328 g/mol. The fourth-order valence-corrected chi connectivity index (χ4v) is 2.70. The van der Waals surface area contributed by atoms with Crippen molar-refractivity contribution in [2.45, 2.75) is 40.5 Å². The maximum Gasteiger partial charge on any atom is 0.340 e. The third kappa shape index (κ3) is 3.72. The van der Waals surface area contributed by atoms with Gasteiger partial charge in [0.2, 0.25) is 0 Å². The zero-order valence-electron chi connectivity index (χ0n) is 14.7. The van der Waals surface area contributed by atoms with Crippen molar-refractivity contribution in [2.75, 3.05) is 13.2 Å². The van der Waals surface area contributed by atoms with E-state index in [-0.39, 0.29) is 11.9 Å². The topological polar surface area (TPSA) is 68.3 Å². The number of nitrogens with one attached hydrogen (secondary N) is 1. The van der Waals surface area contributed by atoms with Crippen LogP contribution in [0.1, 0.15) is 58.7 Å². The van der Waals surface area contributed by atoms with Crippen LogP contribution in [0.25, 0.3) is 10.9 Å². The molecule has 0 bridgehead atoms. The van der Waals surface area contributed by atoms with E-state index >= 15 is 0 Å². The Balaban J connectivity index is 2.43. The van der Waals surface area contributed by atoms with E-state index in [1.54, 1.807) is 26.0 Å². The van der Waals surface area contributed by atoms with Gasteiger partial charge in [-0.05, 0) is 51.0 Å². The maximum atomic E-state index is 12.2. The van der Waals surface area contributed by atoms with Crippen LogP contribution in [0.4, 0.5) is 0 Å². The summed E-state index contributed by atoms with van der Waals surface area (Å²) in [6, 6.07) is 5.37. The lowest BCUT2D eigenvalue weighted by atomic mass is 10.00. The quantitative estimate of drug-likeness (QED) is 0.650. The zero-order valence-corrected chi connectivity index (χ0v) is 14.7. The number of rotatable bonds is 6. The lowest BCUT2D eigenvalue weighted by Gasteiger charge is -2.12. The van der Waals surface area contributed by atoms with E-state index in [1.165, 1.54) is 0 Å². The molecule has 1 aromatic carbocycles. The molecule has 0 saturated heterocycles. The molecule has 0 aliphatic carbocycles. The SMILES string of the molecule is CCCCNC(=O)c1ccc2nc(C)c(C(=O)OCC)c(C)c2c1. The van der Waals surface area contributed by atoms with Crippen molar-refractivity contribution in [3.8, 4) is 0 Å². The average Bonchev–Trinajstić information content (AvgIpc) is 2.55.